The van der Waals surface area contributed by atoms with Gasteiger partial charge in [0, 0.05) is 11.8 Å². The SMILES string of the molecule is CC1(C)O[C@@H]2C3C(CC[C@@]4(C)C3CC[C@@H]4O[Si](C)(C)C(C)(C)C)[C@]3(C)C(C[C@H](O)C[C@@H]3OCc3ccccc3)[C@H]2O1. The van der Waals surface area contributed by atoms with E-state index in [9.17, 15) is 5.11 Å². The lowest BCUT2D eigenvalue weighted by Gasteiger charge is -2.65. The molecule has 1 saturated heterocycles. The summed E-state index contributed by atoms with van der Waals surface area (Å²) in [5, 5.41) is 11.4. The number of hydrogen-bond donors (Lipinski definition) is 1. The maximum Gasteiger partial charge on any atom is 0.192 e. The lowest BCUT2D eigenvalue weighted by atomic mass is 9.43. The van der Waals surface area contributed by atoms with Crippen LogP contribution in [0.2, 0.25) is 18.1 Å². The van der Waals surface area contributed by atoms with Crippen LogP contribution >= 0.6 is 0 Å². The first kappa shape index (κ1) is 30.3. The van der Waals surface area contributed by atoms with E-state index >= 15 is 0 Å². The van der Waals surface area contributed by atoms with E-state index in [-0.39, 0.29) is 46.2 Å². The van der Waals surface area contributed by atoms with Gasteiger partial charge in [-0.05, 0) is 98.7 Å². The third-order valence-electron chi connectivity index (χ3n) is 13.0. The second-order valence-corrected chi connectivity index (χ2v) is 21.5. The fourth-order valence-corrected chi connectivity index (χ4v) is 11.3. The molecule has 6 heteroatoms. The number of fused-ring (bicyclic) bond motifs is 8. The van der Waals surface area contributed by atoms with E-state index < -0.39 is 14.1 Å². The molecule has 5 fully saturated rings. The average Bonchev–Trinajstić information content (AvgIpc) is 3.38. The number of aliphatic hydroxyl groups is 1. The average molecular weight is 585 g/mol. The smallest absolute Gasteiger partial charge is 0.192 e. The number of aliphatic hydroxyl groups excluding tert-OH is 1. The largest absolute Gasteiger partial charge is 0.413 e. The number of hydrogen-bond acceptors (Lipinski definition) is 5. The van der Waals surface area contributed by atoms with E-state index in [1.807, 2.05) is 0 Å². The van der Waals surface area contributed by atoms with Crippen molar-refractivity contribution in [3.05, 3.63) is 35.9 Å². The Morgan fingerprint density at radius 1 is 0.878 bits per heavy atom. The molecule has 1 aliphatic heterocycles. The van der Waals surface area contributed by atoms with Crippen LogP contribution in [0.25, 0.3) is 0 Å². The van der Waals surface area contributed by atoms with Crippen molar-refractivity contribution < 1.29 is 23.7 Å². The topological polar surface area (TPSA) is 57.2 Å². The molecule has 0 amide bonds. The van der Waals surface area contributed by atoms with Crippen LogP contribution in [0.3, 0.4) is 0 Å². The molecule has 41 heavy (non-hydrogen) atoms. The Hall–Kier alpha value is -0.763. The van der Waals surface area contributed by atoms with E-state index in [1.54, 1.807) is 0 Å². The Labute approximate surface area is 250 Å². The molecule has 0 radical (unpaired) electrons. The standard InChI is InChI=1S/C35H56O5Si/c1-32(2,3)41(8,9)40-27-16-15-24-29-25(17-18-34(24,27)6)35(7)26(30-31(29)39-33(4,5)38-30)19-23(36)20-28(35)37-21-22-13-11-10-12-14-22/h10-14,23-31,36H,15-21H2,1-9H3/t23-,24?,25?,26?,27-,28-,29?,30+,31+,34-,35+/m0/s1. The molecule has 4 aliphatic carbocycles. The van der Waals surface area contributed by atoms with Crippen molar-refractivity contribution in [2.75, 3.05) is 0 Å². The number of ether oxygens (including phenoxy) is 3. The molecule has 1 aromatic carbocycles. The van der Waals surface area contributed by atoms with Crippen LogP contribution in [0.4, 0.5) is 0 Å². The summed E-state index contributed by atoms with van der Waals surface area (Å²) in [4.78, 5) is 0. The highest BCUT2D eigenvalue weighted by Gasteiger charge is 2.71. The first-order valence-electron chi connectivity index (χ1n) is 16.4. The normalized spacial score (nSPS) is 45.5. The van der Waals surface area contributed by atoms with Gasteiger partial charge in [-0.2, -0.15) is 0 Å². The Morgan fingerprint density at radius 2 is 1.56 bits per heavy atom. The van der Waals surface area contributed by atoms with Crippen LogP contribution in [-0.2, 0) is 25.2 Å². The molecule has 0 bridgehead atoms. The van der Waals surface area contributed by atoms with E-state index in [0.29, 0.717) is 36.9 Å². The van der Waals surface area contributed by atoms with E-state index in [0.717, 1.165) is 19.3 Å². The summed E-state index contributed by atoms with van der Waals surface area (Å²) in [5.41, 5.74) is 1.26. The van der Waals surface area contributed by atoms with Crippen molar-refractivity contribution in [3.63, 3.8) is 0 Å². The van der Waals surface area contributed by atoms with Gasteiger partial charge in [0.05, 0.1) is 37.1 Å². The second-order valence-electron chi connectivity index (χ2n) is 16.7. The summed E-state index contributed by atoms with van der Waals surface area (Å²) in [6.45, 7) is 21.7. The summed E-state index contributed by atoms with van der Waals surface area (Å²) in [6, 6.07) is 10.5. The van der Waals surface area contributed by atoms with Crippen LogP contribution < -0.4 is 0 Å². The predicted molar refractivity (Wildman–Crippen MR) is 165 cm³/mol. The monoisotopic (exact) mass is 584 g/mol. The molecule has 11 atom stereocenters. The summed E-state index contributed by atoms with van der Waals surface area (Å²) in [6.07, 6.45) is 6.13. The van der Waals surface area contributed by atoms with Crippen molar-refractivity contribution in [1.82, 2.24) is 0 Å². The van der Waals surface area contributed by atoms with Gasteiger partial charge in [-0.15, -0.1) is 0 Å². The molecule has 4 unspecified atom stereocenters. The first-order valence-corrected chi connectivity index (χ1v) is 19.3. The minimum atomic E-state index is -1.89. The van der Waals surface area contributed by atoms with Crippen LogP contribution in [0.5, 0.6) is 0 Å². The zero-order valence-corrected chi connectivity index (χ0v) is 28.1. The van der Waals surface area contributed by atoms with E-state index in [1.165, 1.54) is 18.4 Å². The van der Waals surface area contributed by atoms with Gasteiger partial charge in [0.1, 0.15) is 0 Å². The first-order chi connectivity index (χ1) is 19.1. The summed E-state index contributed by atoms with van der Waals surface area (Å²) in [7, 11) is -1.89. The zero-order valence-electron chi connectivity index (χ0n) is 27.1. The highest BCUT2D eigenvalue weighted by molar-refractivity contribution is 6.74. The van der Waals surface area contributed by atoms with Gasteiger partial charge < -0.3 is 23.7 Å². The van der Waals surface area contributed by atoms with Gasteiger partial charge >= 0.3 is 0 Å². The van der Waals surface area contributed by atoms with Crippen molar-refractivity contribution in [1.29, 1.82) is 0 Å². The molecular weight excluding hydrogens is 528 g/mol. The molecule has 5 aliphatic rings. The molecule has 0 spiro atoms. The quantitative estimate of drug-likeness (QED) is 0.359. The Kier molecular flexibility index (Phi) is 7.48. The molecule has 1 heterocycles. The van der Waals surface area contributed by atoms with Crippen molar-refractivity contribution in [2.45, 2.75) is 148 Å². The summed E-state index contributed by atoms with van der Waals surface area (Å²) >= 11 is 0. The van der Waals surface area contributed by atoms with Gasteiger partial charge in [-0.3, -0.25) is 0 Å². The highest BCUT2D eigenvalue weighted by Crippen LogP contribution is 2.69. The van der Waals surface area contributed by atoms with Gasteiger partial charge in [0.25, 0.3) is 0 Å². The van der Waals surface area contributed by atoms with Crippen LogP contribution in [0.15, 0.2) is 30.3 Å². The third-order valence-corrected chi connectivity index (χ3v) is 17.5. The maximum atomic E-state index is 11.2. The van der Waals surface area contributed by atoms with E-state index in [2.05, 4.69) is 91.9 Å². The lowest BCUT2D eigenvalue weighted by molar-refractivity contribution is -0.240. The molecule has 1 aromatic rings. The molecule has 5 nitrogen and oxygen atoms in total. The van der Waals surface area contributed by atoms with Gasteiger partial charge in [-0.1, -0.05) is 65.0 Å². The summed E-state index contributed by atoms with van der Waals surface area (Å²) in [5.74, 6) is 1.03. The van der Waals surface area contributed by atoms with Crippen LogP contribution in [-0.4, -0.2) is 49.7 Å². The fraction of sp³-hybridized carbons (Fsp3) is 0.829. The fourth-order valence-electron chi connectivity index (χ4n) is 9.89. The van der Waals surface area contributed by atoms with E-state index in [4.69, 9.17) is 18.6 Å². The molecule has 0 aromatic heterocycles. The van der Waals surface area contributed by atoms with Crippen molar-refractivity contribution in [2.24, 2.45) is 34.5 Å². The Balaban J connectivity index is 1.35. The molecule has 6 rings (SSSR count). The Bertz CT molecular complexity index is 1100. The Morgan fingerprint density at radius 3 is 2.24 bits per heavy atom. The van der Waals surface area contributed by atoms with Crippen molar-refractivity contribution >= 4 is 8.32 Å². The molecule has 230 valence electrons. The predicted octanol–water partition coefficient (Wildman–Crippen LogP) is 7.72. The van der Waals surface area contributed by atoms with Gasteiger partial charge in [0.2, 0.25) is 0 Å². The maximum absolute atomic E-state index is 11.2. The molecular formula is C35H56O5Si. The van der Waals surface area contributed by atoms with Gasteiger partial charge in [0.15, 0.2) is 14.1 Å². The number of benzene rings is 1. The minimum Gasteiger partial charge on any atom is -0.413 e. The third kappa shape index (κ3) is 4.91. The molecule has 4 saturated carbocycles. The van der Waals surface area contributed by atoms with Crippen LogP contribution in [0.1, 0.15) is 92.6 Å². The zero-order chi connectivity index (χ0) is 29.6. The van der Waals surface area contributed by atoms with Gasteiger partial charge in [-0.25, -0.2) is 0 Å². The minimum absolute atomic E-state index is 0.0118. The number of rotatable bonds is 5. The second kappa shape index (κ2) is 10.1. The lowest BCUT2D eigenvalue weighted by Crippen LogP contribution is -2.67. The summed E-state index contributed by atoms with van der Waals surface area (Å²) < 4.78 is 27.8. The van der Waals surface area contributed by atoms with Crippen molar-refractivity contribution in [3.8, 4) is 0 Å². The highest BCUT2D eigenvalue weighted by atomic mass is 28.4. The van der Waals surface area contributed by atoms with Crippen LogP contribution in [0, 0.1) is 34.5 Å². The molecule has 1 N–H and O–H groups in total.